The normalized spacial score (nSPS) is 18.1. The number of carbonyl (C=O) groups is 2. The number of hydrogen-bond donors (Lipinski definition) is 1. The third kappa shape index (κ3) is 7.41. The molecule has 0 amide bonds. The van der Waals surface area contributed by atoms with Crippen molar-refractivity contribution in [3.05, 3.63) is 57.3 Å². The highest BCUT2D eigenvalue weighted by Gasteiger charge is 2.33. The molecule has 232 valence electrons. The number of carboxylic acid groups (broad SMARTS) is 1. The van der Waals surface area contributed by atoms with Gasteiger partial charge in [-0.2, -0.15) is 13.2 Å². The van der Waals surface area contributed by atoms with Gasteiger partial charge in [0.2, 0.25) is 0 Å². The zero-order valence-electron chi connectivity index (χ0n) is 23.7. The number of anilines is 1. The maximum Gasteiger partial charge on any atom is 0.416 e. The van der Waals surface area contributed by atoms with Gasteiger partial charge in [0.05, 0.1) is 36.0 Å². The van der Waals surface area contributed by atoms with E-state index < -0.39 is 17.7 Å². The minimum Gasteiger partial charge on any atom is -0.481 e. The number of nitrogens with zero attached hydrogens (tertiary/aromatic N) is 5. The maximum atomic E-state index is 13.7. The van der Waals surface area contributed by atoms with Gasteiger partial charge in [0.15, 0.2) is 5.78 Å². The second kappa shape index (κ2) is 13.5. The van der Waals surface area contributed by atoms with Crippen molar-refractivity contribution in [2.75, 3.05) is 24.5 Å². The van der Waals surface area contributed by atoms with Crippen LogP contribution in [0.1, 0.15) is 78.0 Å². The van der Waals surface area contributed by atoms with Crippen molar-refractivity contribution in [3.8, 4) is 11.3 Å². The molecular weight excluding hydrogens is 579 g/mol. The lowest BCUT2D eigenvalue weighted by Gasteiger charge is -2.30. The summed E-state index contributed by atoms with van der Waals surface area (Å²) in [5.41, 5.74) is 0.518. The smallest absolute Gasteiger partial charge is 0.416 e. The van der Waals surface area contributed by atoms with Crippen molar-refractivity contribution in [1.82, 2.24) is 19.9 Å². The average molecular weight is 618 g/mol. The summed E-state index contributed by atoms with van der Waals surface area (Å²) in [5.74, 6) is -0.839. The zero-order chi connectivity index (χ0) is 30.0. The molecule has 2 aliphatic heterocycles. The summed E-state index contributed by atoms with van der Waals surface area (Å²) >= 11 is 1.36. The number of Topliss-reactive ketones (excluding diaryl/α,β-unsaturated/α-hetero) is 1. The van der Waals surface area contributed by atoms with Crippen LogP contribution in [0.5, 0.6) is 0 Å². The van der Waals surface area contributed by atoms with E-state index in [2.05, 4.69) is 21.8 Å². The lowest BCUT2D eigenvalue weighted by Crippen LogP contribution is -2.36. The first-order valence-corrected chi connectivity index (χ1v) is 15.1. The molecule has 2 aromatic heterocycles. The summed E-state index contributed by atoms with van der Waals surface area (Å²) in [7, 11) is 0. The molecular formula is C31H38F3N5O3S. The van der Waals surface area contributed by atoms with Gasteiger partial charge in [-0.1, -0.05) is 26.5 Å². The monoisotopic (exact) mass is 617 g/mol. The van der Waals surface area contributed by atoms with Gasteiger partial charge in [0.1, 0.15) is 16.5 Å². The van der Waals surface area contributed by atoms with Crippen LogP contribution in [0.25, 0.3) is 11.3 Å². The molecule has 43 heavy (non-hydrogen) atoms. The number of thiazole rings is 1. The Kier molecular flexibility index (Phi) is 10.2. The highest BCUT2D eigenvalue weighted by molar-refractivity contribution is 7.12. The number of likely N-dealkylation sites (tertiary alicyclic amines) is 1. The molecule has 1 unspecified atom stereocenters. The molecule has 0 bridgehead atoms. The fraction of sp³-hybridized carbons (Fsp3) is 0.516. The number of halogens is 3. The first-order chi connectivity index (χ1) is 20.0. The Labute approximate surface area is 254 Å². The van der Waals surface area contributed by atoms with Gasteiger partial charge in [-0.05, 0) is 57.2 Å². The van der Waals surface area contributed by atoms with E-state index in [-0.39, 0.29) is 36.8 Å². The van der Waals surface area contributed by atoms with Gasteiger partial charge in [-0.3, -0.25) is 14.5 Å². The Hall–Kier alpha value is -3.38. The number of benzene rings is 1. The number of carboxylic acids is 1. The van der Waals surface area contributed by atoms with Gasteiger partial charge >= 0.3 is 12.1 Å². The lowest BCUT2D eigenvalue weighted by molar-refractivity contribution is -0.142. The molecule has 1 atom stereocenters. The second-order valence-electron chi connectivity index (χ2n) is 11.0. The van der Waals surface area contributed by atoms with Crippen molar-refractivity contribution in [3.63, 3.8) is 0 Å². The van der Waals surface area contributed by atoms with Crippen LogP contribution in [0.3, 0.4) is 0 Å². The molecule has 2 saturated heterocycles. The molecule has 12 heteroatoms. The average Bonchev–Trinajstić information content (AvgIpc) is 3.59. The van der Waals surface area contributed by atoms with Crippen LogP contribution in [-0.4, -0.2) is 62.4 Å². The maximum absolute atomic E-state index is 13.7. The summed E-state index contributed by atoms with van der Waals surface area (Å²) in [5, 5.41) is 9.73. The molecule has 8 nitrogen and oxygen atoms in total. The largest absolute Gasteiger partial charge is 0.481 e. The van der Waals surface area contributed by atoms with Crippen molar-refractivity contribution in [2.45, 2.75) is 78.6 Å². The number of carbonyl (C=O) groups excluding carboxylic acids is 1. The van der Waals surface area contributed by atoms with Crippen LogP contribution in [-0.2, 0) is 23.9 Å². The van der Waals surface area contributed by atoms with Gasteiger partial charge in [0.25, 0.3) is 0 Å². The van der Waals surface area contributed by atoms with Gasteiger partial charge in [-0.15, -0.1) is 11.3 Å². The molecule has 0 aliphatic carbocycles. The standard InChI is InChI=1S/C30H34F3N5O3S.CH4/c1-3-21-5-4-10-38(21)17-25-28(20-7-6-18(2)22(13-20)30(31,32)33)36-27(42-25)14-24(39)23-15-35-26(16-34-23)37-11-8-19(9-12-37)29(40)41;/h6-7,13,15-16,19,21H,3-5,8-12,14,17H2,1-2H3,(H,40,41);1H4. The molecule has 0 saturated carbocycles. The third-order valence-electron chi connectivity index (χ3n) is 8.28. The second-order valence-corrected chi connectivity index (χ2v) is 12.2. The Morgan fingerprint density at radius 3 is 2.47 bits per heavy atom. The molecule has 1 N–H and O–H groups in total. The third-order valence-corrected chi connectivity index (χ3v) is 9.32. The summed E-state index contributed by atoms with van der Waals surface area (Å²) in [6, 6.07) is 4.71. The number of rotatable bonds is 9. The Bertz CT molecular complexity index is 1440. The number of aromatic nitrogens is 3. The van der Waals surface area contributed by atoms with Crippen molar-refractivity contribution < 1.29 is 27.9 Å². The minimum absolute atomic E-state index is 0. The number of ketones is 1. The number of alkyl halides is 3. The first-order valence-electron chi connectivity index (χ1n) is 14.3. The van der Waals surface area contributed by atoms with E-state index in [9.17, 15) is 27.9 Å². The van der Waals surface area contributed by atoms with Crippen LogP contribution in [0.4, 0.5) is 19.0 Å². The van der Waals surface area contributed by atoms with Crippen molar-refractivity contribution >= 4 is 28.9 Å². The molecule has 0 spiro atoms. The van der Waals surface area contributed by atoms with Crippen LogP contribution >= 0.6 is 11.3 Å². The summed E-state index contributed by atoms with van der Waals surface area (Å²) < 4.78 is 41.2. The van der Waals surface area contributed by atoms with E-state index in [1.54, 1.807) is 6.07 Å². The summed E-state index contributed by atoms with van der Waals surface area (Å²) in [6.45, 7) is 6.17. The highest BCUT2D eigenvalue weighted by atomic mass is 32.1. The predicted molar refractivity (Wildman–Crippen MR) is 160 cm³/mol. The van der Waals surface area contributed by atoms with Crippen molar-refractivity contribution in [1.29, 1.82) is 0 Å². The van der Waals surface area contributed by atoms with E-state index in [4.69, 9.17) is 4.98 Å². The van der Waals surface area contributed by atoms with Gasteiger partial charge < -0.3 is 10.0 Å². The molecule has 1 aromatic carbocycles. The number of aryl methyl sites for hydroxylation is 1. The van der Waals surface area contributed by atoms with E-state index in [0.29, 0.717) is 60.6 Å². The Morgan fingerprint density at radius 1 is 1.09 bits per heavy atom. The molecule has 3 aromatic rings. The molecule has 4 heterocycles. The fourth-order valence-corrected chi connectivity index (χ4v) is 6.96. The summed E-state index contributed by atoms with van der Waals surface area (Å²) in [4.78, 5) is 43.0. The molecule has 2 aliphatic rings. The van der Waals surface area contributed by atoms with Crippen molar-refractivity contribution in [2.24, 2.45) is 5.92 Å². The molecule has 0 radical (unpaired) electrons. The van der Waals surface area contributed by atoms with Crippen LogP contribution in [0.2, 0.25) is 0 Å². The summed E-state index contributed by atoms with van der Waals surface area (Å²) in [6.07, 6.45) is 2.63. The predicted octanol–water partition coefficient (Wildman–Crippen LogP) is 6.66. The number of aliphatic carboxylic acids is 1. The number of piperidine rings is 1. The van der Waals surface area contributed by atoms with Gasteiger partial charge in [0, 0.05) is 36.1 Å². The first kappa shape index (κ1) is 32.5. The van der Waals surface area contributed by atoms with E-state index in [1.165, 1.54) is 36.7 Å². The lowest BCUT2D eigenvalue weighted by atomic mass is 9.97. The van der Waals surface area contributed by atoms with E-state index in [0.717, 1.165) is 36.8 Å². The fourth-order valence-electron chi connectivity index (χ4n) is 5.85. The van der Waals surface area contributed by atoms with Crippen LogP contribution in [0.15, 0.2) is 30.6 Å². The Morgan fingerprint density at radius 2 is 1.84 bits per heavy atom. The molecule has 5 rings (SSSR count). The minimum atomic E-state index is -4.48. The SMILES string of the molecule is C.CCC1CCCN1Cc1sc(CC(=O)c2cnc(N3CCC(C(=O)O)CC3)cn2)nc1-c1ccc(C)c(C(F)(F)F)c1. The topological polar surface area (TPSA) is 99.5 Å². The highest BCUT2D eigenvalue weighted by Crippen LogP contribution is 2.38. The molecule has 2 fully saturated rings. The van der Waals surface area contributed by atoms with E-state index >= 15 is 0 Å². The van der Waals surface area contributed by atoms with Crippen LogP contribution < -0.4 is 4.90 Å². The zero-order valence-corrected chi connectivity index (χ0v) is 24.5. The van der Waals surface area contributed by atoms with Crippen LogP contribution in [0, 0.1) is 12.8 Å². The van der Waals surface area contributed by atoms with Gasteiger partial charge in [-0.25, -0.2) is 15.0 Å². The number of hydrogen-bond acceptors (Lipinski definition) is 8. The quantitative estimate of drug-likeness (QED) is 0.266. The van der Waals surface area contributed by atoms with E-state index in [1.807, 2.05) is 4.90 Å². The Balaban J connectivity index is 0.00000423.